The zero-order valence-corrected chi connectivity index (χ0v) is 15.0. The third-order valence-corrected chi connectivity index (χ3v) is 5.40. The number of sulfonamides is 1. The van der Waals surface area contributed by atoms with Crippen molar-refractivity contribution in [1.29, 1.82) is 0 Å². The number of hydrogen-bond acceptors (Lipinski definition) is 4. The Labute approximate surface area is 148 Å². The zero-order chi connectivity index (χ0) is 18.5. The Hall–Kier alpha value is -2.44. The molecule has 1 N–H and O–H groups in total. The Morgan fingerprint density at radius 2 is 1.76 bits per heavy atom. The van der Waals surface area contributed by atoms with E-state index in [2.05, 4.69) is 11.3 Å². The molecule has 0 amide bonds. The highest BCUT2D eigenvalue weighted by Gasteiger charge is 2.44. The zero-order valence-electron chi connectivity index (χ0n) is 14.2. The van der Waals surface area contributed by atoms with Crippen molar-refractivity contribution in [1.82, 2.24) is 4.72 Å². The van der Waals surface area contributed by atoms with Crippen LogP contribution in [0.3, 0.4) is 0 Å². The fraction of sp³-hybridized carbons (Fsp3) is 0.211. The molecule has 0 aromatic heterocycles. The van der Waals surface area contributed by atoms with Crippen molar-refractivity contribution in [3.05, 3.63) is 78.4 Å². The molecule has 132 valence electrons. The summed E-state index contributed by atoms with van der Waals surface area (Å²) in [4.78, 5) is 12.7. The Morgan fingerprint density at radius 3 is 2.28 bits per heavy atom. The number of methoxy groups -OCH3 is 1. The summed E-state index contributed by atoms with van der Waals surface area (Å²) in [5, 5.41) is 0. The predicted octanol–water partition coefficient (Wildman–Crippen LogP) is 2.92. The van der Waals surface area contributed by atoms with E-state index in [1.54, 1.807) is 42.5 Å². The molecule has 5 nitrogen and oxygen atoms in total. The first-order chi connectivity index (χ1) is 11.9. The minimum absolute atomic E-state index is 0.0504. The largest absolute Gasteiger partial charge is 0.467 e. The van der Waals surface area contributed by atoms with Gasteiger partial charge in [0.15, 0.2) is 5.54 Å². The van der Waals surface area contributed by atoms with E-state index in [0.717, 1.165) is 5.56 Å². The first kappa shape index (κ1) is 18.9. The highest BCUT2D eigenvalue weighted by atomic mass is 32.2. The van der Waals surface area contributed by atoms with Crippen molar-refractivity contribution in [2.24, 2.45) is 0 Å². The Bertz CT molecular complexity index is 845. The monoisotopic (exact) mass is 359 g/mol. The molecule has 0 fully saturated rings. The number of esters is 1. The van der Waals surface area contributed by atoms with E-state index in [9.17, 15) is 13.2 Å². The molecule has 1 atom stereocenters. The van der Waals surface area contributed by atoms with Crippen molar-refractivity contribution >= 4 is 16.0 Å². The molecule has 0 saturated heterocycles. The van der Waals surface area contributed by atoms with Crippen LogP contribution in [0.5, 0.6) is 0 Å². The van der Waals surface area contributed by atoms with Gasteiger partial charge in [-0.3, -0.25) is 0 Å². The lowest BCUT2D eigenvalue weighted by Gasteiger charge is -2.31. The number of benzene rings is 2. The molecule has 0 radical (unpaired) electrons. The summed E-state index contributed by atoms with van der Waals surface area (Å²) in [5.41, 5.74) is -0.161. The molecule has 0 unspecified atom stereocenters. The Kier molecular flexibility index (Phi) is 5.77. The third kappa shape index (κ3) is 3.97. The smallest absolute Gasteiger partial charge is 0.332 e. The van der Waals surface area contributed by atoms with Gasteiger partial charge in [-0.25, -0.2) is 13.2 Å². The molecule has 2 aromatic carbocycles. The van der Waals surface area contributed by atoms with E-state index < -0.39 is 21.5 Å². The van der Waals surface area contributed by atoms with Crippen LogP contribution in [0.1, 0.15) is 17.5 Å². The molecule has 25 heavy (non-hydrogen) atoms. The van der Waals surface area contributed by atoms with Gasteiger partial charge in [0.25, 0.3) is 0 Å². The minimum atomic E-state index is -3.96. The van der Waals surface area contributed by atoms with Gasteiger partial charge in [0, 0.05) is 0 Å². The Morgan fingerprint density at radius 1 is 1.16 bits per heavy atom. The van der Waals surface area contributed by atoms with Gasteiger partial charge in [-0.2, -0.15) is 4.72 Å². The number of nitrogens with one attached hydrogen (secondary N) is 1. The maximum Gasteiger partial charge on any atom is 0.332 e. The van der Waals surface area contributed by atoms with E-state index in [-0.39, 0.29) is 11.3 Å². The van der Waals surface area contributed by atoms with Crippen molar-refractivity contribution < 1.29 is 17.9 Å². The van der Waals surface area contributed by atoms with E-state index in [0.29, 0.717) is 5.56 Å². The molecule has 0 aliphatic heterocycles. The summed E-state index contributed by atoms with van der Waals surface area (Å²) < 4.78 is 33.2. The van der Waals surface area contributed by atoms with E-state index in [1.165, 1.54) is 25.3 Å². The summed E-state index contributed by atoms with van der Waals surface area (Å²) in [5.74, 6) is -0.700. The SMILES string of the molecule is C=CC[C@@](NS(=O)(=O)c1ccc(C)cc1)(C(=O)OC)c1ccccc1. The molecule has 2 rings (SSSR count). The number of rotatable bonds is 7. The summed E-state index contributed by atoms with van der Waals surface area (Å²) >= 11 is 0. The van der Waals surface area contributed by atoms with Crippen molar-refractivity contribution in [2.75, 3.05) is 7.11 Å². The lowest BCUT2D eigenvalue weighted by molar-refractivity contribution is -0.148. The first-order valence-electron chi connectivity index (χ1n) is 7.71. The lowest BCUT2D eigenvalue weighted by Crippen LogP contribution is -2.52. The standard InChI is InChI=1S/C19H21NO4S/c1-4-14-19(18(21)24-3,16-8-6-5-7-9-16)20-25(22,23)17-12-10-15(2)11-13-17/h4-13,20H,1,14H2,2-3H3/t19-/m0/s1. The van der Waals surface area contributed by atoms with Crippen molar-refractivity contribution in [2.45, 2.75) is 23.8 Å². The second-order valence-electron chi connectivity index (χ2n) is 5.67. The van der Waals surface area contributed by atoms with E-state index in [1.807, 2.05) is 6.92 Å². The van der Waals surface area contributed by atoms with Gasteiger partial charge in [0.2, 0.25) is 10.0 Å². The second-order valence-corrected chi connectivity index (χ2v) is 7.36. The van der Waals surface area contributed by atoms with Gasteiger partial charge in [-0.05, 0) is 31.0 Å². The van der Waals surface area contributed by atoms with Gasteiger partial charge < -0.3 is 4.74 Å². The van der Waals surface area contributed by atoms with Gasteiger partial charge in [-0.15, -0.1) is 6.58 Å². The Balaban J connectivity index is 2.57. The molecular formula is C19H21NO4S. The number of aryl methyl sites for hydroxylation is 1. The first-order valence-corrected chi connectivity index (χ1v) is 9.19. The molecule has 0 spiro atoms. The average molecular weight is 359 g/mol. The van der Waals surface area contributed by atoms with Gasteiger partial charge in [0.1, 0.15) is 0 Å². The molecule has 6 heteroatoms. The van der Waals surface area contributed by atoms with Crippen LogP contribution >= 0.6 is 0 Å². The van der Waals surface area contributed by atoms with Crippen LogP contribution in [0.2, 0.25) is 0 Å². The number of hydrogen-bond donors (Lipinski definition) is 1. The minimum Gasteiger partial charge on any atom is -0.467 e. The van der Waals surface area contributed by atoms with Crippen LogP contribution in [0, 0.1) is 6.92 Å². The molecular weight excluding hydrogens is 338 g/mol. The summed E-state index contributed by atoms with van der Waals surface area (Å²) in [6.07, 6.45) is 1.54. The number of carbonyl (C=O) groups is 1. The topological polar surface area (TPSA) is 72.5 Å². The van der Waals surface area contributed by atoms with Crippen molar-refractivity contribution in [3.8, 4) is 0 Å². The van der Waals surface area contributed by atoms with Gasteiger partial charge >= 0.3 is 5.97 Å². The van der Waals surface area contributed by atoms with Gasteiger partial charge in [0.05, 0.1) is 12.0 Å². The average Bonchev–Trinajstić information content (AvgIpc) is 2.61. The molecule has 0 aliphatic rings. The van der Waals surface area contributed by atoms with Crippen LogP contribution in [0.4, 0.5) is 0 Å². The second kappa shape index (κ2) is 7.63. The van der Waals surface area contributed by atoms with Crippen LogP contribution in [-0.2, 0) is 25.1 Å². The highest BCUT2D eigenvalue weighted by Crippen LogP contribution is 2.30. The van der Waals surface area contributed by atoms with E-state index >= 15 is 0 Å². The highest BCUT2D eigenvalue weighted by molar-refractivity contribution is 7.89. The summed E-state index contributed by atoms with van der Waals surface area (Å²) in [6.45, 7) is 5.52. The summed E-state index contributed by atoms with van der Waals surface area (Å²) in [7, 11) is -2.73. The normalized spacial score (nSPS) is 13.7. The van der Waals surface area contributed by atoms with Crippen LogP contribution in [0.25, 0.3) is 0 Å². The number of carbonyl (C=O) groups excluding carboxylic acids is 1. The maximum absolute atomic E-state index is 12.9. The quantitative estimate of drug-likeness (QED) is 0.609. The number of ether oxygens (including phenoxy) is 1. The molecule has 2 aromatic rings. The summed E-state index contributed by atoms with van der Waals surface area (Å²) in [6, 6.07) is 15.0. The molecule has 0 heterocycles. The van der Waals surface area contributed by atoms with Crippen LogP contribution in [0.15, 0.2) is 72.1 Å². The maximum atomic E-state index is 12.9. The van der Waals surface area contributed by atoms with Crippen LogP contribution < -0.4 is 4.72 Å². The third-order valence-electron chi connectivity index (χ3n) is 3.89. The predicted molar refractivity (Wildman–Crippen MR) is 96.5 cm³/mol. The van der Waals surface area contributed by atoms with E-state index in [4.69, 9.17) is 4.74 Å². The fourth-order valence-corrected chi connectivity index (χ4v) is 3.94. The molecule has 0 saturated carbocycles. The van der Waals surface area contributed by atoms with Crippen molar-refractivity contribution in [3.63, 3.8) is 0 Å². The lowest BCUT2D eigenvalue weighted by atomic mass is 9.88. The van der Waals surface area contributed by atoms with Crippen LogP contribution in [-0.4, -0.2) is 21.5 Å². The fourth-order valence-electron chi connectivity index (χ4n) is 2.58. The molecule has 0 aliphatic carbocycles. The molecule has 0 bridgehead atoms. The van der Waals surface area contributed by atoms with Gasteiger partial charge in [-0.1, -0.05) is 54.1 Å².